The summed E-state index contributed by atoms with van der Waals surface area (Å²) in [6.45, 7) is 1.79. The van der Waals surface area contributed by atoms with E-state index in [2.05, 4.69) is 31.9 Å². The molecule has 0 aliphatic carbocycles. The molecule has 0 saturated heterocycles. The number of benzene rings is 1. The molecular formula is C9H6Br2O2. The molecule has 2 nitrogen and oxygen atoms in total. The molecule has 0 aromatic heterocycles. The van der Waals surface area contributed by atoms with Gasteiger partial charge in [-0.25, -0.2) is 0 Å². The van der Waals surface area contributed by atoms with E-state index in [1.807, 2.05) is 0 Å². The summed E-state index contributed by atoms with van der Waals surface area (Å²) in [4.78, 5) is 21.9. The third-order valence-electron chi connectivity index (χ3n) is 1.67. The van der Waals surface area contributed by atoms with Crippen LogP contribution in [0.3, 0.4) is 0 Å². The smallest absolute Gasteiger partial charge is 0.228 e. The van der Waals surface area contributed by atoms with Gasteiger partial charge in [0.1, 0.15) is 0 Å². The van der Waals surface area contributed by atoms with E-state index >= 15 is 0 Å². The molecule has 0 amide bonds. The molecule has 0 atom stereocenters. The second-order valence-electron chi connectivity index (χ2n) is 2.58. The molecule has 4 heteroatoms. The first-order chi connectivity index (χ1) is 6.02. The van der Waals surface area contributed by atoms with Gasteiger partial charge in [0.05, 0.1) is 0 Å². The Hall–Kier alpha value is -0.480. The highest BCUT2D eigenvalue weighted by molar-refractivity contribution is 9.18. The Morgan fingerprint density at radius 1 is 1.15 bits per heavy atom. The zero-order valence-electron chi connectivity index (χ0n) is 6.80. The van der Waals surface area contributed by atoms with Gasteiger partial charge in [0, 0.05) is 11.1 Å². The number of carbonyl (C=O) groups excluding carboxylic acids is 2. The second-order valence-corrected chi connectivity index (χ2v) is 4.02. The number of hydrogen-bond acceptors (Lipinski definition) is 2. The standard InChI is InChI=1S/C9H6Br2O2/c1-5-4-6(8(10)12)2-3-7(5)9(11)13/h2-4H,1H3. The molecule has 1 aromatic carbocycles. The number of rotatable bonds is 2. The minimum absolute atomic E-state index is 0.168. The average Bonchev–Trinajstić information content (AvgIpc) is 2.03. The topological polar surface area (TPSA) is 34.1 Å². The van der Waals surface area contributed by atoms with E-state index in [0.29, 0.717) is 11.1 Å². The van der Waals surface area contributed by atoms with Gasteiger partial charge in [0.25, 0.3) is 0 Å². The van der Waals surface area contributed by atoms with Crippen molar-refractivity contribution in [2.75, 3.05) is 0 Å². The lowest BCUT2D eigenvalue weighted by Gasteiger charge is -2.01. The van der Waals surface area contributed by atoms with E-state index in [9.17, 15) is 9.59 Å². The van der Waals surface area contributed by atoms with Gasteiger partial charge in [0.15, 0.2) is 0 Å². The van der Waals surface area contributed by atoms with Crippen molar-refractivity contribution in [2.45, 2.75) is 6.92 Å². The monoisotopic (exact) mass is 304 g/mol. The Morgan fingerprint density at radius 3 is 2.15 bits per heavy atom. The number of hydrogen-bond donors (Lipinski definition) is 0. The molecule has 0 heterocycles. The van der Waals surface area contributed by atoms with Crippen LogP contribution >= 0.6 is 31.9 Å². The van der Waals surface area contributed by atoms with E-state index in [-0.39, 0.29) is 9.39 Å². The summed E-state index contributed by atoms with van der Waals surface area (Å²) in [6, 6.07) is 4.91. The lowest BCUT2D eigenvalue weighted by Crippen LogP contribution is -1.96. The summed E-state index contributed by atoms with van der Waals surface area (Å²) in [5.74, 6) is 0. The molecule has 13 heavy (non-hydrogen) atoms. The third-order valence-corrected chi connectivity index (χ3v) is 2.55. The summed E-state index contributed by atoms with van der Waals surface area (Å²) < 4.78 is -0.345. The van der Waals surface area contributed by atoms with E-state index in [0.717, 1.165) is 5.56 Å². The van der Waals surface area contributed by atoms with Gasteiger partial charge < -0.3 is 0 Å². The van der Waals surface area contributed by atoms with E-state index in [1.165, 1.54) is 0 Å². The largest absolute Gasteiger partial charge is 0.281 e. The van der Waals surface area contributed by atoms with Crippen LogP contribution in [0.15, 0.2) is 18.2 Å². The number of halogens is 2. The van der Waals surface area contributed by atoms with Crippen molar-refractivity contribution in [3.05, 3.63) is 34.9 Å². The van der Waals surface area contributed by atoms with Crippen molar-refractivity contribution in [3.8, 4) is 0 Å². The molecule has 0 fully saturated rings. The zero-order chi connectivity index (χ0) is 10.0. The van der Waals surface area contributed by atoms with E-state index in [1.54, 1.807) is 25.1 Å². The lowest BCUT2D eigenvalue weighted by molar-refractivity contribution is 0.108. The molecule has 0 unspecified atom stereocenters. The Balaban J connectivity index is 3.20. The summed E-state index contributed by atoms with van der Waals surface area (Å²) >= 11 is 5.70. The van der Waals surface area contributed by atoms with Gasteiger partial charge in [-0.15, -0.1) is 0 Å². The lowest BCUT2D eigenvalue weighted by atomic mass is 10.1. The maximum atomic E-state index is 11.0. The van der Waals surface area contributed by atoms with Gasteiger partial charge >= 0.3 is 0 Å². The van der Waals surface area contributed by atoms with Crippen LogP contribution in [0.1, 0.15) is 26.3 Å². The van der Waals surface area contributed by atoms with Crippen LogP contribution in [0.4, 0.5) is 0 Å². The van der Waals surface area contributed by atoms with Gasteiger partial charge in [-0.2, -0.15) is 0 Å². The highest BCUT2D eigenvalue weighted by atomic mass is 79.9. The van der Waals surface area contributed by atoms with Crippen LogP contribution < -0.4 is 0 Å². The minimum atomic E-state index is -0.177. The fourth-order valence-corrected chi connectivity index (χ4v) is 1.70. The average molecular weight is 306 g/mol. The summed E-state index contributed by atoms with van der Waals surface area (Å²) in [7, 11) is 0. The first-order valence-electron chi connectivity index (χ1n) is 3.52. The highest BCUT2D eigenvalue weighted by Crippen LogP contribution is 2.15. The van der Waals surface area contributed by atoms with Crippen molar-refractivity contribution >= 4 is 41.2 Å². The Kier molecular flexibility index (Phi) is 3.39. The van der Waals surface area contributed by atoms with Crippen LogP contribution in [0.5, 0.6) is 0 Å². The quantitative estimate of drug-likeness (QED) is 0.787. The SMILES string of the molecule is Cc1cc(C(=O)Br)ccc1C(=O)Br. The summed E-state index contributed by atoms with van der Waals surface area (Å²) in [6.07, 6.45) is 0. The highest BCUT2D eigenvalue weighted by Gasteiger charge is 2.08. The van der Waals surface area contributed by atoms with Crippen LogP contribution in [-0.2, 0) is 0 Å². The predicted molar refractivity (Wildman–Crippen MR) is 57.7 cm³/mol. The maximum absolute atomic E-state index is 11.0. The number of aryl methyl sites for hydroxylation is 1. The Labute approximate surface area is 92.6 Å². The molecule has 0 bridgehead atoms. The second kappa shape index (κ2) is 4.15. The van der Waals surface area contributed by atoms with Gasteiger partial charge in [-0.05, 0) is 62.5 Å². The zero-order valence-corrected chi connectivity index (χ0v) is 9.98. The molecule has 1 aromatic rings. The number of carbonyl (C=O) groups is 2. The molecule has 0 saturated carbocycles. The molecule has 0 aliphatic rings. The van der Waals surface area contributed by atoms with Crippen LogP contribution in [-0.4, -0.2) is 9.39 Å². The van der Waals surface area contributed by atoms with Crippen molar-refractivity contribution in [1.82, 2.24) is 0 Å². The molecule has 1 rings (SSSR count). The minimum Gasteiger partial charge on any atom is -0.281 e. The fraction of sp³-hybridized carbons (Fsp3) is 0.111. The van der Waals surface area contributed by atoms with Crippen molar-refractivity contribution < 1.29 is 9.59 Å². The molecule has 68 valence electrons. The third kappa shape index (κ3) is 2.48. The maximum Gasteiger partial charge on any atom is 0.228 e. The molecule has 0 spiro atoms. The van der Waals surface area contributed by atoms with E-state index < -0.39 is 0 Å². The van der Waals surface area contributed by atoms with Crippen molar-refractivity contribution in [2.24, 2.45) is 0 Å². The van der Waals surface area contributed by atoms with Crippen LogP contribution in [0.2, 0.25) is 0 Å². The molecule has 0 aliphatic heterocycles. The predicted octanol–water partition coefficient (Wildman–Crippen LogP) is 3.07. The fourth-order valence-electron chi connectivity index (χ4n) is 1.01. The molecule has 0 radical (unpaired) electrons. The first-order valence-corrected chi connectivity index (χ1v) is 5.11. The van der Waals surface area contributed by atoms with Crippen LogP contribution in [0, 0.1) is 6.92 Å². The van der Waals surface area contributed by atoms with E-state index in [4.69, 9.17) is 0 Å². The van der Waals surface area contributed by atoms with Crippen LogP contribution in [0.25, 0.3) is 0 Å². The Bertz CT molecular complexity index is 372. The normalized spacial score (nSPS) is 9.77. The first kappa shape index (κ1) is 10.6. The Morgan fingerprint density at radius 2 is 1.77 bits per heavy atom. The van der Waals surface area contributed by atoms with Crippen molar-refractivity contribution in [1.29, 1.82) is 0 Å². The molecule has 0 N–H and O–H groups in total. The molecular weight excluding hydrogens is 300 g/mol. The summed E-state index contributed by atoms with van der Waals surface area (Å²) in [5.41, 5.74) is 1.92. The van der Waals surface area contributed by atoms with Gasteiger partial charge in [-0.1, -0.05) is 0 Å². The summed E-state index contributed by atoms with van der Waals surface area (Å²) in [5, 5.41) is 0. The van der Waals surface area contributed by atoms with Crippen molar-refractivity contribution in [3.63, 3.8) is 0 Å². The van der Waals surface area contributed by atoms with Gasteiger partial charge in [-0.3, -0.25) is 9.59 Å². The van der Waals surface area contributed by atoms with Gasteiger partial charge in [0.2, 0.25) is 9.39 Å².